The number of nitrogens with one attached hydrogen (secondary N) is 1. The van der Waals surface area contributed by atoms with Crippen molar-refractivity contribution in [3.05, 3.63) is 0 Å². The molecule has 1 amide bonds. The summed E-state index contributed by atoms with van der Waals surface area (Å²) in [5.74, 6) is 0. The number of nitrogens with zero attached hydrogens (tertiary/aromatic N) is 1. The SMILES string of the molecule is O=CNC1CCC[N]1. The number of hydrogen-bond donors (Lipinski definition) is 1. The van der Waals surface area contributed by atoms with Gasteiger partial charge in [0.2, 0.25) is 6.41 Å². The highest BCUT2D eigenvalue weighted by molar-refractivity contribution is 5.46. The van der Waals surface area contributed by atoms with Crippen LogP contribution in [0, 0.1) is 0 Å². The van der Waals surface area contributed by atoms with Crippen molar-refractivity contribution in [2.45, 2.75) is 19.0 Å². The van der Waals surface area contributed by atoms with Gasteiger partial charge in [0.25, 0.3) is 0 Å². The largest absolute Gasteiger partial charge is 0.342 e. The van der Waals surface area contributed by atoms with Gasteiger partial charge in [-0.05, 0) is 12.8 Å². The zero-order chi connectivity index (χ0) is 5.82. The minimum atomic E-state index is 0.118. The van der Waals surface area contributed by atoms with E-state index in [2.05, 4.69) is 10.6 Å². The maximum atomic E-state index is 9.79. The molecule has 1 N–H and O–H groups in total. The maximum absolute atomic E-state index is 9.79. The van der Waals surface area contributed by atoms with Crippen LogP contribution in [-0.2, 0) is 4.79 Å². The van der Waals surface area contributed by atoms with E-state index in [1.807, 2.05) is 0 Å². The second-order valence-electron chi connectivity index (χ2n) is 1.85. The smallest absolute Gasteiger partial charge is 0.208 e. The van der Waals surface area contributed by atoms with Crippen molar-refractivity contribution in [3.63, 3.8) is 0 Å². The lowest BCUT2D eigenvalue weighted by molar-refractivity contribution is -0.110. The van der Waals surface area contributed by atoms with Crippen molar-refractivity contribution < 1.29 is 4.79 Å². The van der Waals surface area contributed by atoms with Gasteiger partial charge in [-0.2, -0.15) is 0 Å². The van der Waals surface area contributed by atoms with Gasteiger partial charge in [-0.1, -0.05) is 0 Å². The first-order chi connectivity index (χ1) is 3.93. The van der Waals surface area contributed by atoms with Crippen LogP contribution in [0.2, 0.25) is 0 Å². The highest BCUT2D eigenvalue weighted by Gasteiger charge is 2.12. The fourth-order valence-electron chi connectivity index (χ4n) is 0.838. The van der Waals surface area contributed by atoms with E-state index in [1.54, 1.807) is 0 Å². The van der Waals surface area contributed by atoms with E-state index in [1.165, 1.54) is 0 Å². The lowest BCUT2D eigenvalue weighted by Gasteiger charge is -2.03. The molecule has 0 bridgehead atoms. The average molecular weight is 113 g/mol. The van der Waals surface area contributed by atoms with Gasteiger partial charge in [0.1, 0.15) is 0 Å². The molecule has 1 rings (SSSR count). The molecule has 1 radical (unpaired) electrons. The molecule has 1 aliphatic rings. The van der Waals surface area contributed by atoms with Crippen LogP contribution in [0.15, 0.2) is 0 Å². The molecule has 0 aliphatic carbocycles. The van der Waals surface area contributed by atoms with E-state index in [9.17, 15) is 4.79 Å². The summed E-state index contributed by atoms with van der Waals surface area (Å²) in [5, 5.41) is 6.68. The van der Waals surface area contributed by atoms with Crippen molar-refractivity contribution in [1.82, 2.24) is 10.6 Å². The number of rotatable bonds is 2. The number of hydrogen-bond acceptors (Lipinski definition) is 1. The predicted molar refractivity (Wildman–Crippen MR) is 29.2 cm³/mol. The molecule has 3 nitrogen and oxygen atoms in total. The van der Waals surface area contributed by atoms with Crippen LogP contribution in [-0.4, -0.2) is 19.1 Å². The third-order valence-corrected chi connectivity index (χ3v) is 1.25. The van der Waals surface area contributed by atoms with E-state index in [0.717, 1.165) is 19.4 Å². The van der Waals surface area contributed by atoms with Crippen molar-refractivity contribution in [2.24, 2.45) is 0 Å². The van der Waals surface area contributed by atoms with Crippen LogP contribution in [0.4, 0.5) is 0 Å². The Bertz CT molecular complexity index is 78.5. The minimum absolute atomic E-state index is 0.118. The Hall–Kier alpha value is -0.570. The zero-order valence-corrected chi connectivity index (χ0v) is 4.63. The summed E-state index contributed by atoms with van der Waals surface area (Å²) in [6.07, 6.45) is 2.96. The second kappa shape index (κ2) is 2.67. The van der Waals surface area contributed by atoms with Crippen LogP contribution in [0.25, 0.3) is 0 Å². The Kier molecular flexibility index (Phi) is 1.86. The molecule has 0 aromatic carbocycles. The van der Waals surface area contributed by atoms with Gasteiger partial charge >= 0.3 is 0 Å². The molecule has 0 aromatic rings. The fourth-order valence-corrected chi connectivity index (χ4v) is 0.838. The van der Waals surface area contributed by atoms with Crippen LogP contribution in [0.5, 0.6) is 0 Å². The summed E-state index contributed by atoms with van der Waals surface area (Å²) >= 11 is 0. The van der Waals surface area contributed by atoms with Crippen molar-refractivity contribution >= 4 is 6.41 Å². The maximum Gasteiger partial charge on any atom is 0.208 e. The number of amides is 1. The molecule has 0 spiro atoms. The summed E-state index contributed by atoms with van der Waals surface area (Å²) in [5.41, 5.74) is 0. The first-order valence-corrected chi connectivity index (χ1v) is 2.80. The van der Waals surface area contributed by atoms with E-state index in [4.69, 9.17) is 0 Å². The van der Waals surface area contributed by atoms with E-state index in [0.29, 0.717) is 6.41 Å². The fraction of sp³-hybridized carbons (Fsp3) is 0.800. The first kappa shape index (κ1) is 5.56. The third kappa shape index (κ3) is 1.20. The molecule has 1 heterocycles. The monoisotopic (exact) mass is 113 g/mol. The lowest BCUT2D eigenvalue weighted by atomic mass is 10.3. The number of carbonyl (C=O) groups excluding carboxylic acids is 1. The summed E-state index contributed by atoms with van der Waals surface area (Å²) in [4.78, 5) is 9.79. The minimum Gasteiger partial charge on any atom is -0.342 e. The van der Waals surface area contributed by atoms with Crippen LogP contribution >= 0.6 is 0 Å². The summed E-state index contributed by atoms with van der Waals surface area (Å²) in [7, 11) is 0. The van der Waals surface area contributed by atoms with Gasteiger partial charge in [-0.3, -0.25) is 4.79 Å². The molecule has 1 atom stereocenters. The van der Waals surface area contributed by atoms with Gasteiger partial charge in [0.15, 0.2) is 0 Å². The van der Waals surface area contributed by atoms with Gasteiger partial charge < -0.3 is 5.32 Å². The highest BCUT2D eigenvalue weighted by atomic mass is 16.1. The first-order valence-electron chi connectivity index (χ1n) is 2.80. The molecule has 1 aliphatic heterocycles. The molecule has 0 saturated carbocycles. The van der Waals surface area contributed by atoms with Gasteiger partial charge in [0.05, 0.1) is 6.17 Å². The van der Waals surface area contributed by atoms with Crippen LogP contribution in [0.3, 0.4) is 0 Å². The molecule has 0 aromatic heterocycles. The standard InChI is InChI=1S/C5H9N2O/c8-4-7-5-2-1-3-6-5/h4-5H,1-3H2,(H,7,8). The quantitative estimate of drug-likeness (QED) is 0.480. The third-order valence-electron chi connectivity index (χ3n) is 1.25. The van der Waals surface area contributed by atoms with E-state index < -0.39 is 0 Å². The molecule has 8 heavy (non-hydrogen) atoms. The Morgan fingerprint density at radius 2 is 2.62 bits per heavy atom. The van der Waals surface area contributed by atoms with E-state index >= 15 is 0 Å². The normalized spacial score (nSPS) is 27.8. The zero-order valence-electron chi connectivity index (χ0n) is 4.63. The summed E-state index contributed by atoms with van der Waals surface area (Å²) < 4.78 is 0. The van der Waals surface area contributed by atoms with Gasteiger partial charge in [-0.25, -0.2) is 5.32 Å². The Labute approximate surface area is 48.5 Å². The molecule has 45 valence electrons. The van der Waals surface area contributed by atoms with Gasteiger partial charge in [-0.15, -0.1) is 0 Å². The highest BCUT2D eigenvalue weighted by Crippen LogP contribution is 2.01. The molecular formula is C5H9N2O. The summed E-state index contributed by atoms with van der Waals surface area (Å²) in [6.45, 7) is 0.908. The molecule has 1 fully saturated rings. The molecule has 3 heteroatoms. The second-order valence-corrected chi connectivity index (χ2v) is 1.85. The lowest BCUT2D eigenvalue weighted by Crippen LogP contribution is -2.31. The average Bonchev–Trinajstić information content (AvgIpc) is 2.19. The van der Waals surface area contributed by atoms with Crippen molar-refractivity contribution in [3.8, 4) is 0 Å². The Balaban J connectivity index is 2.14. The van der Waals surface area contributed by atoms with Crippen molar-refractivity contribution in [1.29, 1.82) is 0 Å². The molecule has 1 saturated heterocycles. The summed E-state index contributed by atoms with van der Waals surface area (Å²) in [6, 6.07) is 0. The van der Waals surface area contributed by atoms with Crippen LogP contribution < -0.4 is 10.6 Å². The topological polar surface area (TPSA) is 43.2 Å². The molecular weight excluding hydrogens is 104 g/mol. The van der Waals surface area contributed by atoms with Gasteiger partial charge in [0, 0.05) is 6.54 Å². The molecule has 1 unspecified atom stereocenters. The van der Waals surface area contributed by atoms with E-state index in [-0.39, 0.29) is 6.17 Å². The number of carbonyl (C=O) groups is 1. The predicted octanol–water partition coefficient (Wildman–Crippen LogP) is -0.543. The Morgan fingerprint density at radius 3 is 3.12 bits per heavy atom. The Morgan fingerprint density at radius 1 is 1.75 bits per heavy atom. The van der Waals surface area contributed by atoms with Crippen LogP contribution in [0.1, 0.15) is 12.8 Å². The van der Waals surface area contributed by atoms with Crippen molar-refractivity contribution in [2.75, 3.05) is 6.54 Å².